The highest BCUT2D eigenvalue weighted by atomic mass is 16.6. The lowest BCUT2D eigenvalue weighted by atomic mass is 10.4. The molecule has 0 spiro atoms. The van der Waals surface area contributed by atoms with E-state index in [0.717, 1.165) is 0 Å². The van der Waals surface area contributed by atoms with E-state index >= 15 is 0 Å². The third kappa shape index (κ3) is 2.46. The minimum absolute atomic E-state index is 0.181. The Balaban J connectivity index is 1.84. The molecule has 1 aromatic rings. The maximum atomic E-state index is 11.4. The molecule has 0 saturated carbocycles. The van der Waals surface area contributed by atoms with E-state index in [0.29, 0.717) is 19.0 Å². The van der Waals surface area contributed by atoms with Gasteiger partial charge in [0.25, 0.3) is 5.91 Å². The van der Waals surface area contributed by atoms with Crippen molar-refractivity contribution in [1.29, 1.82) is 0 Å². The van der Waals surface area contributed by atoms with Gasteiger partial charge in [-0.05, 0) is 0 Å². The van der Waals surface area contributed by atoms with E-state index in [-0.39, 0.29) is 18.2 Å². The van der Waals surface area contributed by atoms with Crippen LogP contribution in [0.5, 0.6) is 0 Å². The van der Waals surface area contributed by atoms with E-state index in [1.165, 1.54) is 12.6 Å². The Bertz CT molecular complexity index is 360. The van der Waals surface area contributed by atoms with Gasteiger partial charge >= 0.3 is 0 Å². The molecule has 0 radical (unpaired) electrons. The summed E-state index contributed by atoms with van der Waals surface area (Å²) in [4.78, 5) is 15.3. The van der Waals surface area contributed by atoms with Crippen LogP contribution in [0.3, 0.4) is 0 Å². The summed E-state index contributed by atoms with van der Waals surface area (Å²) in [6.07, 6.45) is 2.68. The van der Waals surface area contributed by atoms with Crippen molar-refractivity contribution in [2.24, 2.45) is 0 Å². The van der Waals surface area contributed by atoms with E-state index in [9.17, 15) is 4.79 Å². The van der Waals surface area contributed by atoms with Crippen molar-refractivity contribution in [2.75, 3.05) is 13.2 Å². The van der Waals surface area contributed by atoms with Crippen LogP contribution >= 0.6 is 0 Å². The van der Waals surface area contributed by atoms with Crippen LogP contribution in [0.1, 0.15) is 5.82 Å². The molecule has 0 aromatic carbocycles. The molecule has 0 atom stereocenters. The molecule has 0 bridgehead atoms. The van der Waals surface area contributed by atoms with Gasteiger partial charge in [0.05, 0.1) is 6.54 Å². The molecule has 0 saturated heterocycles. The second kappa shape index (κ2) is 4.45. The summed E-state index contributed by atoms with van der Waals surface area (Å²) in [6, 6.07) is 0. The number of carbonyl (C=O) groups excluding carboxylic acids is 1. The molecule has 7 nitrogen and oxygen atoms in total. The fourth-order valence-corrected chi connectivity index (χ4v) is 1.05. The minimum Gasteiger partial charge on any atom is -0.494 e. The highest BCUT2D eigenvalue weighted by Crippen LogP contribution is 2.03. The maximum Gasteiger partial charge on any atom is 0.290 e. The first-order valence-corrected chi connectivity index (χ1v) is 4.43. The van der Waals surface area contributed by atoms with Gasteiger partial charge in [-0.3, -0.25) is 9.89 Å². The molecule has 2 N–H and O–H groups in total. The molecule has 1 aliphatic heterocycles. The van der Waals surface area contributed by atoms with Gasteiger partial charge in [0.2, 0.25) is 5.76 Å². The van der Waals surface area contributed by atoms with Crippen LogP contribution in [0.15, 0.2) is 18.3 Å². The summed E-state index contributed by atoms with van der Waals surface area (Å²) >= 11 is 0. The third-order valence-electron chi connectivity index (χ3n) is 1.75. The first-order chi connectivity index (χ1) is 7.36. The standard InChI is InChI=1S/C8H10N4O3/c13-8(6-4-14-1-2-15-6)9-3-7-10-5-11-12-7/h4-5H,1-3H2,(H,9,13)(H,10,11,12). The molecule has 1 aromatic heterocycles. The van der Waals surface area contributed by atoms with Crippen molar-refractivity contribution in [2.45, 2.75) is 6.54 Å². The van der Waals surface area contributed by atoms with Crippen molar-refractivity contribution < 1.29 is 14.3 Å². The van der Waals surface area contributed by atoms with E-state index in [4.69, 9.17) is 9.47 Å². The summed E-state index contributed by atoms with van der Waals surface area (Å²) < 4.78 is 10.0. The number of hydrogen-bond donors (Lipinski definition) is 2. The zero-order valence-electron chi connectivity index (χ0n) is 7.90. The minimum atomic E-state index is -0.328. The molecule has 1 aliphatic rings. The predicted molar refractivity (Wildman–Crippen MR) is 48.2 cm³/mol. The fraction of sp³-hybridized carbons (Fsp3) is 0.375. The second-order valence-electron chi connectivity index (χ2n) is 2.82. The zero-order valence-corrected chi connectivity index (χ0v) is 7.90. The van der Waals surface area contributed by atoms with Crippen molar-refractivity contribution in [3.8, 4) is 0 Å². The van der Waals surface area contributed by atoms with Gasteiger partial charge in [0.15, 0.2) is 0 Å². The molecular weight excluding hydrogens is 200 g/mol. The van der Waals surface area contributed by atoms with E-state index in [2.05, 4.69) is 20.5 Å². The Hall–Kier alpha value is -2.05. The number of aromatic nitrogens is 3. The van der Waals surface area contributed by atoms with E-state index in [1.54, 1.807) is 0 Å². The maximum absolute atomic E-state index is 11.4. The van der Waals surface area contributed by atoms with Gasteiger partial charge in [-0.25, -0.2) is 4.98 Å². The quantitative estimate of drug-likeness (QED) is 0.689. The predicted octanol–water partition coefficient (Wildman–Crippen LogP) is -0.691. The number of nitrogens with one attached hydrogen (secondary N) is 2. The van der Waals surface area contributed by atoms with Crippen molar-refractivity contribution in [3.63, 3.8) is 0 Å². The van der Waals surface area contributed by atoms with Gasteiger partial charge < -0.3 is 14.8 Å². The summed E-state index contributed by atoms with van der Waals surface area (Å²) in [6.45, 7) is 1.14. The molecule has 2 rings (SSSR count). The van der Waals surface area contributed by atoms with Crippen LogP contribution < -0.4 is 5.32 Å². The van der Waals surface area contributed by atoms with Crippen molar-refractivity contribution in [1.82, 2.24) is 20.5 Å². The Morgan fingerprint density at radius 3 is 3.20 bits per heavy atom. The largest absolute Gasteiger partial charge is 0.494 e. The van der Waals surface area contributed by atoms with E-state index in [1.807, 2.05) is 0 Å². The van der Waals surface area contributed by atoms with Crippen LogP contribution in [-0.2, 0) is 20.8 Å². The molecule has 0 aliphatic carbocycles. The molecule has 2 heterocycles. The summed E-state index contributed by atoms with van der Waals surface area (Å²) in [7, 11) is 0. The lowest BCUT2D eigenvalue weighted by molar-refractivity contribution is -0.122. The number of carbonyl (C=O) groups is 1. The van der Waals surface area contributed by atoms with E-state index < -0.39 is 0 Å². The average molecular weight is 210 g/mol. The molecule has 7 heteroatoms. The van der Waals surface area contributed by atoms with Gasteiger partial charge in [0, 0.05) is 0 Å². The number of nitrogens with zero attached hydrogens (tertiary/aromatic N) is 2. The monoisotopic (exact) mass is 210 g/mol. The van der Waals surface area contributed by atoms with Crippen LogP contribution in [0.4, 0.5) is 0 Å². The summed E-state index contributed by atoms with van der Waals surface area (Å²) in [5.41, 5.74) is 0. The van der Waals surface area contributed by atoms with Gasteiger partial charge in [0.1, 0.15) is 31.6 Å². The number of amides is 1. The molecule has 0 unspecified atom stereocenters. The number of H-pyrrole nitrogens is 1. The van der Waals surface area contributed by atoms with Crippen molar-refractivity contribution in [3.05, 3.63) is 24.2 Å². The molecule has 0 fully saturated rings. The molecule has 15 heavy (non-hydrogen) atoms. The van der Waals surface area contributed by atoms with Gasteiger partial charge in [-0.2, -0.15) is 5.10 Å². The van der Waals surface area contributed by atoms with Crippen LogP contribution in [0, 0.1) is 0 Å². The lowest BCUT2D eigenvalue weighted by Gasteiger charge is -2.14. The molecular formula is C8H10N4O3. The molecule has 80 valence electrons. The average Bonchev–Trinajstić information content (AvgIpc) is 2.80. The number of rotatable bonds is 3. The number of ether oxygens (including phenoxy) is 2. The topological polar surface area (TPSA) is 89.1 Å². The molecule has 1 amide bonds. The van der Waals surface area contributed by atoms with Gasteiger partial charge in [-0.1, -0.05) is 0 Å². The Morgan fingerprint density at radius 2 is 2.53 bits per heavy atom. The summed E-state index contributed by atoms with van der Waals surface area (Å²) in [5.74, 6) is 0.438. The Labute approximate surface area is 85.5 Å². The SMILES string of the molecule is O=C(NCc1ncn[nH]1)C1=COCCO1. The fourth-order valence-electron chi connectivity index (χ4n) is 1.05. The normalized spacial score (nSPS) is 14.8. The first-order valence-electron chi connectivity index (χ1n) is 4.43. The van der Waals surface area contributed by atoms with Crippen LogP contribution in [-0.4, -0.2) is 34.3 Å². The van der Waals surface area contributed by atoms with Crippen molar-refractivity contribution >= 4 is 5.91 Å². The first kappa shape index (κ1) is 9.50. The van der Waals surface area contributed by atoms with Crippen LogP contribution in [0.2, 0.25) is 0 Å². The smallest absolute Gasteiger partial charge is 0.290 e. The Morgan fingerprint density at radius 1 is 1.60 bits per heavy atom. The number of aromatic amines is 1. The summed E-state index contributed by atoms with van der Waals surface area (Å²) in [5, 5.41) is 8.89. The third-order valence-corrected chi connectivity index (χ3v) is 1.75. The number of hydrogen-bond acceptors (Lipinski definition) is 5. The van der Waals surface area contributed by atoms with Crippen LogP contribution in [0.25, 0.3) is 0 Å². The Kier molecular flexibility index (Phi) is 2.82. The van der Waals surface area contributed by atoms with Gasteiger partial charge in [-0.15, -0.1) is 0 Å². The lowest BCUT2D eigenvalue weighted by Crippen LogP contribution is -2.28. The second-order valence-corrected chi connectivity index (χ2v) is 2.82. The highest BCUT2D eigenvalue weighted by molar-refractivity contribution is 5.91. The highest BCUT2D eigenvalue weighted by Gasteiger charge is 2.14. The zero-order chi connectivity index (χ0) is 10.5.